The predicted octanol–water partition coefficient (Wildman–Crippen LogP) is 8.27. The van der Waals surface area contributed by atoms with E-state index in [0.717, 1.165) is 54.8 Å². The summed E-state index contributed by atoms with van der Waals surface area (Å²) in [6.45, 7) is 0.785. The second kappa shape index (κ2) is 9.48. The molecular weight excluding hydrogens is 462 g/mol. The van der Waals surface area contributed by atoms with Crippen molar-refractivity contribution in [3.8, 4) is 39.1 Å². The molecule has 0 saturated heterocycles. The molecule has 6 aromatic carbocycles. The first kappa shape index (κ1) is 24.0. The topological polar surface area (TPSA) is 23.1 Å². The van der Waals surface area contributed by atoms with Gasteiger partial charge in [-0.05, 0) is 67.1 Å². The average Bonchev–Trinajstić information content (AvgIpc) is 2.93. The molecule has 0 spiro atoms. The standard InChI is InChI=1S/C36H31NO/c1-37(2,3)24-33-31(25-14-6-4-7-15-25)22-27-18-10-12-20-29(27)34(33)35-30-21-13-11-19-28(30)23-32(36(35)38)26-16-8-5-9-17-26/h4-23H,24H2,1-3H3. The summed E-state index contributed by atoms with van der Waals surface area (Å²) < 4.78 is 0.746. The zero-order valence-electron chi connectivity index (χ0n) is 22.1. The number of rotatable bonds is 5. The maximum atomic E-state index is 14.6. The molecule has 0 atom stereocenters. The minimum absolute atomic E-state index is 0.0768. The van der Waals surface area contributed by atoms with Gasteiger partial charge < -0.3 is 9.59 Å². The lowest BCUT2D eigenvalue weighted by atomic mass is 9.83. The molecule has 0 amide bonds. The lowest BCUT2D eigenvalue weighted by molar-refractivity contribution is -0.883. The van der Waals surface area contributed by atoms with Crippen LogP contribution in [0.15, 0.2) is 121 Å². The zero-order valence-corrected chi connectivity index (χ0v) is 22.1. The molecule has 0 aliphatic rings. The first-order chi connectivity index (χ1) is 18.4. The summed E-state index contributed by atoms with van der Waals surface area (Å²) in [7, 11) is 6.64. The van der Waals surface area contributed by atoms with Crippen LogP contribution in [0.4, 0.5) is 0 Å². The average molecular weight is 494 g/mol. The lowest BCUT2D eigenvalue weighted by Gasteiger charge is -2.30. The fourth-order valence-corrected chi connectivity index (χ4v) is 5.60. The van der Waals surface area contributed by atoms with Gasteiger partial charge in [-0.3, -0.25) is 0 Å². The number of hydrogen-bond donors (Lipinski definition) is 0. The largest absolute Gasteiger partial charge is 0.872 e. The van der Waals surface area contributed by atoms with Gasteiger partial charge in [-0.15, -0.1) is 0 Å². The number of quaternary nitrogens is 1. The molecule has 2 nitrogen and oxygen atoms in total. The van der Waals surface area contributed by atoms with Crippen molar-refractivity contribution in [3.05, 3.63) is 127 Å². The molecule has 0 aliphatic heterocycles. The Kier molecular flexibility index (Phi) is 5.98. The fraction of sp³-hybridized carbons (Fsp3) is 0.111. The number of fused-ring (bicyclic) bond motifs is 2. The van der Waals surface area contributed by atoms with Crippen LogP contribution in [0.25, 0.3) is 54.9 Å². The molecule has 0 bridgehead atoms. The van der Waals surface area contributed by atoms with E-state index in [9.17, 15) is 5.11 Å². The molecule has 6 aromatic rings. The Labute approximate surface area is 224 Å². The molecule has 0 N–H and O–H groups in total. The summed E-state index contributed by atoms with van der Waals surface area (Å²) in [5.41, 5.74) is 7.08. The first-order valence-corrected chi connectivity index (χ1v) is 13.1. The number of benzene rings is 6. The van der Waals surface area contributed by atoms with Gasteiger partial charge in [0.15, 0.2) is 0 Å². The fourth-order valence-electron chi connectivity index (χ4n) is 5.60. The van der Waals surface area contributed by atoms with Crippen LogP contribution in [0.3, 0.4) is 0 Å². The van der Waals surface area contributed by atoms with Crippen LogP contribution in [0, 0.1) is 0 Å². The molecule has 6 rings (SSSR count). The van der Waals surface area contributed by atoms with E-state index < -0.39 is 0 Å². The second-order valence-electron chi connectivity index (χ2n) is 11.0. The molecule has 0 aromatic heterocycles. The summed E-state index contributed by atoms with van der Waals surface area (Å²) >= 11 is 0. The van der Waals surface area contributed by atoms with E-state index in [1.54, 1.807) is 0 Å². The molecule has 38 heavy (non-hydrogen) atoms. The first-order valence-electron chi connectivity index (χ1n) is 13.1. The Balaban J connectivity index is 1.82. The second-order valence-corrected chi connectivity index (χ2v) is 11.0. The van der Waals surface area contributed by atoms with Crippen molar-refractivity contribution in [2.24, 2.45) is 0 Å². The Bertz CT molecular complexity index is 1760. The Morgan fingerprint density at radius 3 is 1.53 bits per heavy atom. The maximum absolute atomic E-state index is 14.6. The Morgan fingerprint density at radius 2 is 0.974 bits per heavy atom. The van der Waals surface area contributed by atoms with E-state index >= 15 is 0 Å². The van der Waals surface area contributed by atoms with E-state index in [0.29, 0.717) is 0 Å². The predicted molar refractivity (Wildman–Crippen MR) is 159 cm³/mol. The van der Waals surface area contributed by atoms with Gasteiger partial charge in [-0.25, -0.2) is 0 Å². The van der Waals surface area contributed by atoms with Gasteiger partial charge in [0.05, 0.1) is 21.1 Å². The van der Waals surface area contributed by atoms with E-state index in [1.807, 2.05) is 36.4 Å². The van der Waals surface area contributed by atoms with Crippen LogP contribution in [0.2, 0.25) is 0 Å². The molecule has 0 fully saturated rings. The molecular formula is C36H31NO. The van der Waals surface area contributed by atoms with Gasteiger partial charge in [0, 0.05) is 5.56 Å². The van der Waals surface area contributed by atoms with Crippen LogP contribution in [-0.2, 0) is 6.54 Å². The van der Waals surface area contributed by atoms with Crippen LogP contribution in [0.5, 0.6) is 5.75 Å². The molecule has 0 heterocycles. The highest BCUT2D eigenvalue weighted by Gasteiger charge is 2.24. The molecule has 0 saturated carbocycles. The van der Waals surface area contributed by atoms with Crippen molar-refractivity contribution in [1.29, 1.82) is 0 Å². The van der Waals surface area contributed by atoms with Crippen molar-refractivity contribution < 1.29 is 9.59 Å². The van der Waals surface area contributed by atoms with Gasteiger partial charge in [0.2, 0.25) is 0 Å². The van der Waals surface area contributed by atoms with Gasteiger partial charge in [-0.2, -0.15) is 0 Å². The van der Waals surface area contributed by atoms with Crippen molar-refractivity contribution in [3.63, 3.8) is 0 Å². The summed E-state index contributed by atoms with van der Waals surface area (Å²) in [6, 6.07) is 41.8. The molecule has 0 unspecified atom stereocenters. The molecule has 0 radical (unpaired) electrons. The van der Waals surface area contributed by atoms with Gasteiger partial charge in [0.1, 0.15) is 6.54 Å². The highest BCUT2D eigenvalue weighted by Crippen LogP contribution is 2.48. The van der Waals surface area contributed by atoms with Gasteiger partial charge in [-0.1, -0.05) is 115 Å². The molecule has 186 valence electrons. The Hall–Kier alpha value is -4.40. The van der Waals surface area contributed by atoms with E-state index in [4.69, 9.17) is 0 Å². The summed E-state index contributed by atoms with van der Waals surface area (Å²) in [6.07, 6.45) is 0. The number of hydrogen-bond acceptors (Lipinski definition) is 1. The van der Waals surface area contributed by atoms with Crippen LogP contribution < -0.4 is 5.11 Å². The van der Waals surface area contributed by atoms with Crippen molar-refractivity contribution in [1.82, 2.24) is 0 Å². The normalized spacial score (nSPS) is 11.8. The smallest absolute Gasteiger partial charge is 0.105 e. The number of nitrogens with zero attached hydrogens (tertiary/aromatic N) is 1. The molecule has 2 heteroatoms. The van der Waals surface area contributed by atoms with E-state index in [2.05, 4.69) is 106 Å². The monoisotopic (exact) mass is 493 g/mol. The lowest BCUT2D eigenvalue weighted by Crippen LogP contribution is -2.33. The van der Waals surface area contributed by atoms with Gasteiger partial charge in [0.25, 0.3) is 0 Å². The van der Waals surface area contributed by atoms with Crippen molar-refractivity contribution in [2.45, 2.75) is 6.54 Å². The Morgan fingerprint density at radius 1 is 0.526 bits per heavy atom. The highest BCUT2D eigenvalue weighted by atomic mass is 16.3. The third kappa shape index (κ3) is 4.34. The summed E-state index contributed by atoms with van der Waals surface area (Å²) in [5, 5.41) is 18.9. The van der Waals surface area contributed by atoms with Crippen molar-refractivity contribution in [2.75, 3.05) is 21.1 Å². The third-order valence-electron chi connectivity index (χ3n) is 7.21. The van der Waals surface area contributed by atoms with Crippen LogP contribution >= 0.6 is 0 Å². The SMILES string of the molecule is C[N+](C)(C)Cc1c(-c2ccccc2)cc2ccccc2c1-c1c([O-])c(-c2ccccc2)cc2ccccc12. The maximum Gasteiger partial charge on any atom is 0.105 e. The zero-order chi connectivity index (χ0) is 26.3. The summed E-state index contributed by atoms with van der Waals surface area (Å²) in [4.78, 5) is 0. The quantitative estimate of drug-likeness (QED) is 0.222. The third-order valence-corrected chi connectivity index (χ3v) is 7.21. The molecule has 0 aliphatic carbocycles. The van der Waals surface area contributed by atoms with Crippen molar-refractivity contribution >= 4 is 21.5 Å². The minimum Gasteiger partial charge on any atom is -0.872 e. The van der Waals surface area contributed by atoms with Gasteiger partial charge >= 0.3 is 0 Å². The van der Waals surface area contributed by atoms with E-state index in [1.165, 1.54) is 16.7 Å². The van der Waals surface area contributed by atoms with Crippen LogP contribution in [0.1, 0.15) is 5.56 Å². The summed E-state index contributed by atoms with van der Waals surface area (Å²) in [5.74, 6) is 0.0768. The minimum atomic E-state index is 0.0768. The van der Waals surface area contributed by atoms with Crippen LogP contribution in [-0.4, -0.2) is 25.6 Å². The highest BCUT2D eigenvalue weighted by molar-refractivity contribution is 6.12. The van der Waals surface area contributed by atoms with E-state index in [-0.39, 0.29) is 5.75 Å².